The van der Waals surface area contributed by atoms with E-state index in [4.69, 9.17) is 21.7 Å². The first-order valence-electron chi connectivity index (χ1n) is 13.3. The Balaban J connectivity index is 1.11. The van der Waals surface area contributed by atoms with Crippen LogP contribution >= 0.6 is 28.1 Å². The van der Waals surface area contributed by atoms with Gasteiger partial charge in [0, 0.05) is 68.2 Å². The number of hydrogen-bond acceptors (Lipinski definition) is 9. The van der Waals surface area contributed by atoms with Crippen LogP contribution in [0.2, 0.25) is 0 Å². The maximum Gasteiger partial charge on any atom is 0.333 e. The lowest BCUT2D eigenvalue weighted by Crippen LogP contribution is -2.49. The van der Waals surface area contributed by atoms with Crippen molar-refractivity contribution in [2.24, 2.45) is 0 Å². The lowest BCUT2D eigenvalue weighted by molar-refractivity contribution is -0.0113. The normalized spacial score (nSPS) is 19.7. The second kappa shape index (κ2) is 15.0. The predicted molar refractivity (Wildman–Crippen MR) is 160 cm³/mol. The van der Waals surface area contributed by atoms with Crippen molar-refractivity contribution < 1.29 is 14.6 Å². The van der Waals surface area contributed by atoms with E-state index < -0.39 is 18.0 Å². The summed E-state index contributed by atoms with van der Waals surface area (Å²) in [6, 6.07) is 3.77. The molecule has 3 N–H and O–H groups in total. The summed E-state index contributed by atoms with van der Waals surface area (Å²) >= 11 is 8.71. The van der Waals surface area contributed by atoms with Crippen molar-refractivity contribution in [2.45, 2.75) is 25.8 Å². The average molecular weight is 639 g/mol. The summed E-state index contributed by atoms with van der Waals surface area (Å²) in [5, 5.41) is 16.1. The van der Waals surface area contributed by atoms with E-state index in [-0.39, 0.29) is 25.3 Å². The fraction of sp³-hybridized carbons (Fsp3) is 0.538. The third-order valence-corrected chi connectivity index (χ3v) is 7.50. The van der Waals surface area contributed by atoms with E-state index in [0.29, 0.717) is 23.1 Å². The maximum absolute atomic E-state index is 12.9. The zero-order valence-electron chi connectivity index (χ0n) is 22.5. The van der Waals surface area contributed by atoms with E-state index in [9.17, 15) is 14.7 Å². The highest BCUT2D eigenvalue weighted by atomic mass is 79.9. The Bertz CT molecular complexity index is 1280. The topological polar surface area (TPSA) is 126 Å². The minimum absolute atomic E-state index is 0.161. The fourth-order valence-corrected chi connectivity index (χ4v) is 4.96. The first kappa shape index (κ1) is 30.5. The van der Waals surface area contributed by atoms with Gasteiger partial charge in [-0.05, 0) is 53.3 Å². The molecule has 12 nitrogen and oxygen atoms in total. The minimum atomic E-state index is -0.645. The second-order valence-corrected chi connectivity index (χ2v) is 11.0. The van der Waals surface area contributed by atoms with E-state index in [0.717, 1.165) is 50.3 Å². The van der Waals surface area contributed by atoms with Crippen molar-refractivity contribution in [3.05, 3.63) is 67.6 Å². The van der Waals surface area contributed by atoms with Crippen molar-refractivity contribution in [1.82, 2.24) is 29.2 Å². The van der Waals surface area contributed by atoms with Crippen LogP contribution < -0.4 is 21.9 Å². The minimum Gasteiger partial charge on any atom is -0.393 e. The van der Waals surface area contributed by atoms with E-state index in [1.807, 2.05) is 12.1 Å². The number of aliphatic hydroxyl groups excluding tert-OH is 1. The number of ether oxygens (including phenoxy) is 2. The molecule has 0 amide bonds. The Hall–Kier alpha value is -2.46. The molecule has 2 aliphatic rings. The maximum atomic E-state index is 12.9. The van der Waals surface area contributed by atoms with E-state index >= 15 is 0 Å². The molecule has 2 aromatic rings. The van der Waals surface area contributed by atoms with E-state index in [1.54, 1.807) is 25.3 Å². The van der Waals surface area contributed by atoms with Crippen molar-refractivity contribution >= 4 is 39.1 Å². The van der Waals surface area contributed by atoms with Gasteiger partial charge in [-0.1, -0.05) is 6.08 Å². The number of anilines is 1. The number of aliphatic hydroxyl groups is 1. The Morgan fingerprint density at radius 3 is 2.55 bits per heavy atom. The highest BCUT2D eigenvalue weighted by Crippen LogP contribution is 2.19. The second-order valence-electron chi connectivity index (χ2n) is 9.63. The van der Waals surface area contributed by atoms with Crippen molar-refractivity contribution in [1.29, 1.82) is 0 Å². The molecular formula is C26H36BrN7O5S. The Labute approximate surface area is 246 Å². The molecule has 4 heterocycles. The van der Waals surface area contributed by atoms with Crippen LogP contribution in [-0.2, 0) is 16.0 Å². The van der Waals surface area contributed by atoms with Crippen LogP contribution in [0.1, 0.15) is 11.8 Å². The van der Waals surface area contributed by atoms with Gasteiger partial charge in [0.1, 0.15) is 11.9 Å². The van der Waals surface area contributed by atoms with Crippen LogP contribution in [0.4, 0.5) is 5.82 Å². The van der Waals surface area contributed by atoms with Gasteiger partial charge < -0.3 is 25.2 Å². The third kappa shape index (κ3) is 8.52. The molecule has 0 aromatic carbocycles. The van der Waals surface area contributed by atoms with Gasteiger partial charge in [-0.25, -0.2) is 9.78 Å². The van der Waals surface area contributed by atoms with Gasteiger partial charge in [-0.2, -0.15) is 0 Å². The number of halogens is 1. The number of aromatic nitrogens is 3. The first-order chi connectivity index (χ1) is 19.3. The van der Waals surface area contributed by atoms with Crippen LogP contribution in [0, 0.1) is 6.92 Å². The molecule has 1 saturated heterocycles. The zero-order chi connectivity index (χ0) is 28.5. The summed E-state index contributed by atoms with van der Waals surface area (Å²) < 4.78 is 14.9. The summed E-state index contributed by atoms with van der Waals surface area (Å²) in [5.41, 5.74) is -0.353. The lowest BCUT2D eigenvalue weighted by Gasteiger charge is -2.34. The van der Waals surface area contributed by atoms with Gasteiger partial charge in [-0.15, -0.1) is 0 Å². The lowest BCUT2D eigenvalue weighted by atomic mass is 10.3. The molecule has 0 radical (unpaired) electrons. The molecule has 4 rings (SSSR count). The average Bonchev–Trinajstić information content (AvgIpc) is 3.43. The smallest absolute Gasteiger partial charge is 0.333 e. The Morgan fingerprint density at radius 1 is 1.15 bits per heavy atom. The quantitative estimate of drug-likeness (QED) is 0.171. The summed E-state index contributed by atoms with van der Waals surface area (Å²) in [4.78, 5) is 34.5. The number of rotatable bonds is 12. The molecule has 2 aliphatic heterocycles. The molecule has 14 heteroatoms. The van der Waals surface area contributed by atoms with Crippen molar-refractivity contribution in [3.8, 4) is 0 Å². The number of piperazine rings is 1. The summed E-state index contributed by atoms with van der Waals surface area (Å²) in [7, 11) is 0. The highest BCUT2D eigenvalue weighted by molar-refractivity contribution is 9.10. The summed E-state index contributed by atoms with van der Waals surface area (Å²) in [5.74, 6) is 0.701. The number of thiocarbonyl (C=S) groups is 1. The fourth-order valence-electron chi connectivity index (χ4n) is 4.51. The molecule has 1 fully saturated rings. The molecule has 218 valence electrons. The molecule has 2 atom stereocenters. The Morgan fingerprint density at radius 2 is 1.88 bits per heavy atom. The van der Waals surface area contributed by atoms with Gasteiger partial charge in [0.05, 0.1) is 26.4 Å². The van der Waals surface area contributed by atoms with Gasteiger partial charge in [-0.3, -0.25) is 23.7 Å². The molecule has 2 aromatic heterocycles. The van der Waals surface area contributed by atoms with Gasteiger partial charge >= 0.3 is 5.69 Å². The van der Waals surface area contributed by atoms with Crippen LogP contribution in [0.25, 0.3) is 0 Å². The highest BCUT2D eigenvalue weighted by Gasteiger charge is 2.23. The monoisotopic (exact) mass is 637 g/mol. The van der Waals surface area contributed by atoms with Crippen LogP contribution in [0.5, 0.6) is 0 Å². The third-order valence-electron chi connectivity index (χ3n) is 6.78. The number of pyridine rings is 1. The first-order valence-corrected chi connectivity index (χ1v) is 14.5. The van der Waals surface area contributed by atoms with Crippen molar-refractivity contribution in [2.75, 3.05) is 71.0 Å². The van der Waals surface area contributed by atoms with Crippen LogP contribution in [0.3, 0.4) is 0 Å². The number of aryl methyl sites for hydroxylation is 1. The summed E-state index contributed by atoms with van der Waals surface area (Å²) in [6.45, 7) is 8.68. The van der Waals surface area contributed by atoms with Gasteiger partial charge in [0.2, 0.25) is 0 Å². The SMILES string of the molecule is Cc1cn(C2C=CC(CO)O2)c(=O)n(CCOCCN2CCN(CCNC(=S)Nc3ccc(Br)cn3)CC2)c1=O. The molecular weight excluding hydrogens is 602 g/mol. The number of hydrogen-bond donors (Lipinski definition) is 3. The molecule has 0 spiro atoms. The standard InChI is InChI=1S/C26H36BrN7O5S/c1-19-17-34(23-5-3-21(18-35)39-23)26(37)33(24(19)36)13-15-38-14-12-32-10-8-31(9-11-32)7-6-28-25(40)30-22-4-2-20(27)16-29-22/h2-5,16-17,21,23,35H,6-15,18H2,1H3,(H2,28,29,30,40). The largest absolute Gasteiger partial charge is 0.393 e. The van der Waals surface area contributed by atoms with Crippen molar-refractivity contribution in [3.63, 3.8) is 0 Å². The molecule has 0 aliphatic carbocycles. The number of nitrogens with zero attached hydrogens (tertiary/aromatic N) is 5. The predicted octanol–water partition coefficient (Wildman–Crippen LogP) is 0.543. The molecule has 0 saturated carbocycles. The molecule has 40 heavy (non-hydrogen) atoms. The summed E-state index contributed by atoms with van der Waals surface area (Å²) in [6.07, 6.45) is 5.53. The van der Waals surface area contributed by atoms with Crippen LogP contribution in [-0.4, -0.2) is 106 Å². The molecule has 0 bridgehead atoms. The number of nitrogens with one attached hydrogen (secondary N) is 2. The van der Waals surface area contributed by atoms with E-state index in [2.05, 4.69) is 41.3 Å². The van der Waals surface area contributed by atoms with Gasteiger partial charge in [0.25, 0.3) is 5.56 Å². The zero-order valence-corrected chi connectivity index (χ0v) is 24.9. The Kier molecular flexibility index (Phi) is 11.4. The van der Waals surface area contributed by atoms with Gasteiger partial charge in [0.15, 0.2) is 11.3 Å². The van der Waals surface area contributed by atoms with E-state index in [1.165, 1.54) is 15.3 Å². The van der Waals surface area contributed by atoms with Crippen LogP contribution in [0.15, 0.2) is 50.7 Å². The molecule has 2 unspecified atom stereocenters.